The Balaban J connectivity index is 3.46. The number of hydrogen-bond donors (Lipinski definition) is 1. The van der Waals surface area contributed by atoms with Gasteiger partial charge in [-0.1, -0.05) is 108 Å². The summed E-state index contributed by atoms with van der Waals surface area (Å²) in [4.78, 5) is 22.6. The van der Waals surface area contributed by atoms with Gasteiger partial charge in [-0.3, -0.25) is 9.59 Å². The van der Waals surface area contributed by atoms with E-state index in [9.17, 15) is 14.7 Å². The molecule has 0 heterocycles. The van der Waals surface area contributed by atoms with E-state index in [2.05, 4.69) is 11.7 Å². The number of aliphatic hydroxyl groups excluding tert-OH is 1. The lowest BCUT2D eigenvalue weighted by atomic mass is 10.0. The van der Waals surface area contributed by atoms with Crippen molar-refractivity contribution in [3.63, 3.8) is 0 Å². The highest BCUT2D eigenvalue weighted by molar-refractivity contribution is 5.70. The van der Waals surface area contributed by atoms with E-state index in [0.29, 0.717) is 38.7 Å². The molecule has 0 aromatic carbocycles. The van der Waals surface area contributed by atoms with Crippen molar-refractivity contribution in [1.82, 2.24) is 0 Å². The number of esters is 2. The van der Waals surface area contributed by atoms with Crippen LogP contribution in [0, 0.1) is 0 Å². The fraction of sp³-hybridized carbons (Fsp3) is 0.786. The summed E-state index contributed by atoms with van der Waals surface area (Å²) in [5, 5.41) is 10.0. The number of unbranched alkanes of at least 4 members (excludes halogenated alkanes) is 12. The average molecular weight is 467 g/mol. The third-order valence-electron chi connectivity index (χ3n) is 5.72. The quantitative estimate of drug-likeness (QED) is 0.0977. The van der Waals surface area contributed by atoms with E-state index in [1.807, 2.05) is 24.3 Å². The van der Waals surface area contributed by atoms with Gasteiger partial charge in [-0.15, -0.1) is 0 Å². The molecule has 0 spiro atoms. The molecule has 192 valence electrons. The van der Waals surface area contributed by atoms with Gasteiger partial charge in [0.2, 0.25) is 0 Å². The van der Waals surface area contributed by atoms with Crippen molar-refractivity contribution in [2.24, 2.45) is 0 Å². The van der Waals surface area contributed by atoms with Crippen LogP contribution in [0.1, 0.15) is 122 Å². The Morgan fingerprint density at radius 1 is 0.758 bits per heavy atom. The summed E-state index contributed by atoms with van der Waals surface area (Å²) >= 11 is 0. The Bertz CT molecular complexity index is 512. The fourth-order valence-corrected chi connectivity index (χ4v) is 3.61. The predicted octanol–water partition coefficient (Wildman–Crippen LogP) is 7.22. The van der Waals surface area contributed by atoms with E-state index < -0.39 is 0 Å². The largest absolute Gasteiger partial charge is 0.469 e. The van der Waals surface area contributed by atoms with Crippen molar-refractivity contribution >= 4 is 11.9 Å². The number of rotatable bonds is 23. The van der Waals surface area contributed by atoms with Crippen LogP contribution in [0.15, 0.2) is 24.3 Å². The maximum Gasteiger partial charge on any atom is 0.305 e. The number of aliphatic hydroxyl groups is 1. The lowest BCUT2D eigenvalue weighted by molar-refractivity contribution is -0.144. The molecule has 0 saturated heterocycles. The van der Waals surface area contributed by atoms with Crippen LogP contribution in [0.4, 0.5) is 0 Å². The molecular weight excluding hydrogens is 416 g/mol. The summed E-state index contributed by atoms with van der Waals surface area (Å²) in [6.07, 6.45) is 26.4. The zero-order chi connectivity index (χ0) is 24.4. The standard InChI is InChI=1S/C28H50O5/c1-3-4-5-6-7-8-9-10-11-12-13-16-21-26(29)22-17-14-15-20-25-33-28(31)24-19-18-23-27(30)32-2/h14-15,17,22,26,29H,3-13,16,18-21,23-25H2,1-2H3/b15-14-,22-17+/t26-/m0/s1. The number of carbonyl (C=O) groups is 2. The summed E-state index contributed by atoms with van der Waals surface area (Å²) in [6, 6.07) is 0. The van der Waals surface area contributed by atoms with E-state index in [4.69, 9.17) is 4.74 Å². The fourth-order valence-electron chi connectivity index (χ4n) is 3.61. The van der Waals surface area contributed by atoms with E-state index in [0.717, 1.165) is 12.8 Å². The van der Waals surface area contributed by atoms with E-state index in [-0.39, 0.29) is 18.0 Å². The van der Waals surface area contributed by atoms with Crippen molar-refractivity contribution in [2.45, 2.75) is 129 Å². The highest BCUT2D eigenvalue weighted by atomic mass is 16.5. The Morgan fingerprint density at radius 2 is 1.30 bits per heavy atom. The zero-order valence-corrected chi connectivity index (χ0v) is 21.4. The lowest BCUT2D eigenvalue weighted by Gasteiger charge is -2.05. The molecule has 5 nitrogen and oxygen atoms in total. The van der Waals surface area contributed by atoms with Gasteiger partial charge in [0.25, 0.3) is 0 Å². The Morgan fingerprint density at radius 3 is 1.88 bits per heavy atom. The Labute approximate surface area is 203 Å². The molecule has 0 bridgehead atoms. The van der Waals surface area contributed by atoms with Gasteiger partial charge in [-0.2, -0.15) is 0 Å². The molecule has 0 fully saturated rings. The van der Waals surface area contributed by atoms with Gasteiger partial charge >= 0.3 is 11.9 Å². The van der Waals surface area contributed by atoms with Gasteiger partial charge in [0.05, 0.1) is 19.8 Å². The summed E-state index contributed by atoms with van der Waals surface area (Å²) in [7, 11) is 1.36. The summed E-state index contributed by atoms with van der Waals surface area (Å²) in [6.45, 7) is 2.61. The molecule has 5 heteroatoms. The minimum absolute atomic E-state index is 0.235. The summed E-state index contributed by atoms with van der Waals surface area (Å²) < 4.78 is 9.70. The molecule has 0 aromatic heterocycles. The number of ether oxygens (including phenoxy) is 2. The topological polar surface area (TPSA) is 72.8 Å². The third-order valence-corrected chi connectivity index (χ3v) is 5.72. The van der Waals surface area contributed by atoms with Crippen molar-refractivity contribution in [2.75, 3.05) is 13.7 Å². The van der Waals surface area contributed by atoms with Gasteiger partial charge in [-0.25, -0.2) is 0 Å². The van der Waals surface area contributed by atoms with E-state index in [1.165, 1.54) is 77.7 Å². The predicted molar refractivity (Wildman–Crippen MR) is 136 cm³/mol. The average Bonchev–Trinajstić information content (AvgIpc) is 2.81. The van der Waals surface area contributed by atoms with Crippen LogP contribution in [-0.2, 0) is 19.1 Å². The molecule has 0 aliphatic rings. The first-order valence-electron chi connectivity index (χ1n) is 13.3. The van der Waals surface area contributed by atoms with Gasteiger partial charge in [0.15, 0.2) is 0 Å². The Hall–Kier alpha value is -1.62. The molecule has 0 aliphatic heterocycles. The smallest absolute Gasteiger partial charge is 0.305 e. The van der Waals surface area contributed by atoms with E-state index in [1.54, 1.807) is 0 Å². The van der Waals surface area contributed by atoms with Crippen LogP contribution in [0.2, 0.25) is 0 Å². The van der Waals surface area contributed by atoms with Gasteiger partial charge < -0.3 is 14.6 Å². The van der Waals surface area contributed by atoms with Crippen molar-refractivity contribution < 1.29 is 24.2 Å². The molecule has 0 unspecified atom stereocenters. The van der Waals surface area contributed by atoms with Crippen LogP contribution in [-0.4, -0.2) is 36.9 Å². The second kappa shape index (κ2) is 25.0. The summed E-state index contributed by atoms with van der Waals surface area (Å²) in [5.41, 5.74) is 0. The highest BCUT2D eigenvalue weighted by Crippen LogP contribution is 2.13. The van der Waals surface area contributed by atoms with Crippen molar-refractivity contribution in [3.05, 3.63) is 24.3 Å². The van der Waals surface area contributed by atoms with Crippen LogP contribution in [0.3, 0.4) is 0 Å². The first-order valence-corrected chi connectivity index (χ1v) is 13.3. The first kappa shape index (κ1) is 31.4. The molecule has 0 saturated carbocycles. The SMILES string of the molecule is CCCCCCCCCCCCCC[C@H](O)/C=C/C=C\CCOC(=O)CCCCC(=O)OC. The number of methoxy groups -OCH3 is 1. The van der Waals surface area contributed by atoms with E-state index >= 15 is 0 Å². The van der Waals surface area contributed by atoms with Gasteiger partial charge in [0, 0.05) is 12.8 Å². The molecule has 1 N–H and O–H groups in total. The maximum absolute atomic E-state index is 11.6. The lowest BCUT2D eigenvalue weighted by Crippen LogP contribution is -2.06. The number of allylic oxidation sites excluding steroid dienone is 2. The third kappa shape index (κ3) is 24.8. The summed E-state index contributed by atoms with van der Waals surface area (Å²) in [5.74, 6) is -0.484. The van der Waals surface area contributed by atoms with Gasteiger partial charge in [-0.05, 0) is 25.7 Å². The molecule has 0 aliphatic carbocycles. The molecule has 0 amide bonds. The second-order valence-electron chi connectivity index (χ2n) is 8.85. The molecular formula is C28H50O5. The van der Waals surface area contributed by atoms with Crippen molar-refractivity contribution in [3.8, 4) is 0 Å². The molecule has 33 heavy (non-hydrogen) atoms. The highest BCUT2D eigenvalue weighted by Gasteiger charge is 2.04. The number of carbonyl (C=O) groups excluding carboxylic acids is 2. The van der Waals surface area contributed by atoms with Crippen LogP contribution in [0.5, 0.6) is 0 Å². The Kier molecular flexibility index (Phi) is 23.8. The molecule has 0 aromatic rings. The van der Waals surface area contributed by atoms with Gasteiger partial charge in [0.1, 0.15) is 0 Å². The minimum Gasteiger partial charge on any atom is -0.469 e. The normalized spacial score (nSPS) is 12.5. The monoisotopic (exact) mass is 466 g/mol. The maximum atomic E-state index is 11.6. The minimum atomic E-state index is -0.388. The zero-order valence-electron chi connectivity index (χ0n) is 21.4. The first-order chi connectivity index (χ1) is 16.1. The molecule has 0 rings (SSSR count). The second-order valence-corrected chi connectivity index (χ2v) is 8.85. The van der Waals surface area contributed by atoms with Crippen LogP contribution in [0.25, 0.3) is 0 Å². The molecule has 0 radical (unpaired) electrons. The van der Waals surface area contributed by atoms with Crippen molar-refractivity contribution in [1.29, 1.82) is 0 Å². The van der Waals surface area contributed by atoms with Crippen LogP contribution >= 0.6 is 0 Å². The van der Waals surface area contributed by atoms with Crippen LogP contribution < -0.4 is 0 Å². The molecule has 1 atom stereocenters. The number of hydrogen-bond acceptors (Lipinski definition) is 5.